The summed E-state index contributed by atoms with van der Waals surface area (Å²) in [6.07, 6.45) is 5.66. The van der Waals surface area contributed by atoms with Crippen LogP contribution in [0.15, 0.2) is 36.9 Å². The Morgan fingerprint density at radius 3 is 2.56 bits per heavy atom. The summed E-state index contributed by atoms with van der Waals surface area (Å²) in [4.78, 5) is 2.47. The quantitative estimate of drug-likeness (QED) is 0.772. The van der Waals surface area contributed by atoms with Gasteiger partial charge in [0.05, 0.1) is 0 Å². The van der Waals surface area contributed by atoms with E-state index >= 15 is 0 Å². The van der Waals surface area contributed by atoms with Crippen LogP contribution in [0.25, 0.3) is 0 Å². The lowest BCUT2D eigenvalue weighted by Crippen LogP contribution is -2.24. The molecule has 18 heavy (non-hydrogen) atoms. The Bertz CT molecular complexity index is 363. The number of nitrogens with zero attached hydrogens (tertiary/aromatic N) is 1. The summed E-state index contributed by atoms with van der Waals surface area (Å²) in [5.41, 5.74) is 2.73. The molecule has 1 heterocycles. The fourth-order valence-corrected chi connectivity index (χ4v) is 2.43. The molecule has 0 saturated carbocycles. The van der Waals surface area contributed by atoms with Crippen molar-refractivity contribution in [3.8, 4) is 0 Å². The Balaban J connectivity index is 1.85. The van der Waals surface area contributed by atoms with Crippen molar-refractivity contribution in [3.05, 3.63) is 42.5 Å². The minimum Gasteiger partial charge on any atom is -0.372 e. The molecular formula is C16H24N2. The van der Waals surface area contributed by atoms with E-state index in [1.54, 1.807) is 0 Å². The second-order valence-corrected chi connectivity index (χ2v) is 5.17. The van der Waals surface area contributed by atoms with Gasteiger partial charge >= 0.3 is 0 Å². The van der Waals surface area contributed by atoms with Crippen molar-refractivity contribution >= 4 is 5.69 Å². The molecule has 0 radical (unpaired) electrons. The highest BCUT2D eigenvalue weighted by Gasteiger charge is 2.11. The van der Waals surface area contributed by atoms with Crippen molar-refractivity contribution in [3.63, 3.8) is 0 Å². The Morgan fingerprint density at radius 1 is 1.28 bits per heavy atom. The average molecular weight is 244 g/mol. The maximum Gasteiger partial charge on any atom is 0.0366 e. The normalized spacial score (nSPS) is 16.8. The number of hydrogen-bond acceptors (Lipinski definition) is 2. The van der Waals surface area contributed by atoms with Crippen LogP contribution in [0.5, 0.6) is 0 Å². The molecule has 1 aliphatic heterocycles. The number of benzene rings is 1. The molecule has 0 aliphatic carbocycles. The van der Waals surface area contributed by atoms with E-state index in [9.17, 15) is 0 Å². The van der Waals surface area contributed by atoms with Crippen LogP contribution in [0, 0.1) is 0 Å². The molecule has 1 unspecified atom stereocenters. The lowest BCUT2D eigenvalue weighted by molar-refractivity contribution is 0.554. The van der Waals surface area contributed by atoms with Gasteiger partial charge in [0.15, 0.2) is 0 Å². The van der Waals surface area contributed by atoms with Gasteiger partial charge in [-0.05, 0) is 43.9 Å². The molecule has 2 rings (SSSR count). The predicted octanol–water partition coefficient (Wildman–Crippen LogP) is 3.34. The summed E-state index contributed by atoms with van der Waals surface area (Å²) < 4.78 is 0. The number of nitrogens with one attached hydrogen (secondary N) is 1. The molecule has 0 spiro atoms. The molecular weight excluding hydrogens is 220 g/mol. The third-order valence-corrected chi connectivity index (χ3v) is 3.58. The first-order chi connectivity index (χ1) is 8.79. The molecule has 0 amide bonds. The predicted molar refractivity (Wildman–Crippen MR) is 79.0 cm³/mol. The molecule has 1 atom stereocenters. The van der Waals surface area contributed by atoms with E-state index in [1.165, 1.54) is 37.2 Å². The minimum absolute atomic E-state index is 0.501. The van der Waals surface area contributed by atoms with Crippen LogP contribution in [0.4, 0.5) is 5.69 Å². The fourth-order valence-electron chi connectivity index (χ4n) is 2.43. The van der Waals surface area contributed by atoms with Gasteiger partial charge in [-0.25, -0.2) is 0 Å². The van der Waals surface area contributed by atoms with Gasteiger partial charge in [0, 0.05) is 31.4 Å². The Kier molecular flexibility index (Phi) is 4.82. The molecule has 0 bridgehead atoms. The van der Waals surface area contributed by atoms with E-state index < -0.39 is 0 Å². The lowest BCUT2D eigenvalue weighted by Gasteiger charge is -2.18. The zero-order valence-electron chi connectivity index (χ0n) is 11.4. The summed E-state index contributed by atoms with van der Waals surface area (Å²) >= 11 is 0. The standard InChI is InChI=1S/C16H24N2/c1-3-6-14(2)17-13-15-7-9-16(10-8-15)18-11-4-5-12-18/h3,7-10,14,17H,1,4-6,11-13H2,2H3. The zero-order valence-corrected chi connectivity index (χ0v) is 11.4. The molecule has 0 aromatic heterocycles. The second kappa shape index (κ2) is 6.60. The van der Waals surface area contributed by atoms with E-state index in [0.717, 1.165) is 13.0 Å². The van der Waals surface area contributed by atoms with Gasteiger partial charge in [-0.1, -0.05) is 18.2 Å². The Morgan fingerprint density at radius 2 is 1.94 bits per heavy atom. The van der Waals surface area contributed by atoms with Gasteiger partial charge in [-0.15, -0.1) is 6.58 Å². The Hall–Kier alpha value is -1.28. The van der Waals surface area contributed by atoms with Gasteiger partial charge in [0.2, 0.25) is 0 Å². The molecule has 1 aromatic carbocycles. The van der Waals surface area contributed by atoms with Gasteiger partial charge in [0.25, 0.3) is 0 Å². The molecule has 2 heteroatoms. The Labute approximate surface area is 111 Å². The first kappa shape index (κ1) is 13.2. The van der Waals surface area contributed by atoms with E-state index in [0.29, 0.717) is 6.04 Å². The van der Waals surface area contributed by atoms with Crippen molar-refractivity contribution in [1.82, 2.24) is 5.32 Å². The smallest absolute Gasteiger partial charge is 0.0366 e. The number of rotatable bonds is 6. The van der Waals surface area contributed by atoms with Crippen LogP contribution in [0.3, 0.4) is 0 Å². The molecule has 1 aliphatic rings. The fraction of sp³-hybridized carbons (Fsp3) is 0.500. The van der Waals surface area contributed by atoms with E-state index in [-0.39, 0.29) is 0 Å². The van der Waals surface area contributed by atoms with E-state index in [2.05, 4.69) is 48.0 Å². The summed E-state index contributed by atoms with van der Waals surface area (Å²) in [6, 6.07) is 9.48. The maximum atomic E-state index is 3.77. The highest BCUT2D eigenvalue weighted by atomic mass is 15.1. The minimum atomic E-state index is 0.501. The summed E-state index contributed by atoms with van der Waals surface area (Å²) in [6.45, 7) is 9.33. The SMILES string of the molecule is C=CCC(C)NCc1ccc(N2CCCC2)cc1. The van der Waals surface area contributed by atoms with Gasteiger partial charge in [-0.2, -0.15) is 0 Å². The monoisotopic (exact) mass is 244 g/mol. The van der Waals surface area contributed by atoms with E-state index in [4.69, 9.17) is 0 Å². The highest BCUT2D eigenvalue weighted by Crippen LogP contribution is 2.20. The van der Waals surface area contributed by atoms with Crippen LogP contribution < -0.4 is 10.2 Å². The summed E-state index contributed by atoms with van der Waals surface area (Å²) in [5, 5.41) is 3.50. The van der Waals surface area contributed by atoms with Gasteiger partial charge < -0.3 is 10.2 Å². The van der Waals surface area contributed by atoms with Crippen LogP contribution in [0.1, 0.15) is 31.7 Å². The van der Waals surface area contributed by atoms with E-state index in [1.807, 2.05) is 6.08 Å². The largest absolute Gasteiger partial charge is 0.372 e. The van der Waals surface area contributed by atoms with Gasteiger partial charge in [-0.3, -0.25) is 0 Å². The molecule has 1 N–H and O–H groups in total. The van der Waals surface area contributed by atoms with Crippen molar-refractivity contribution in [2.24, 2.45) is 0 Å². The van der Waals surface area contributed by atoms with Crippen LogP contribution in [-0.4, -0.2) is 19.1 Å². The molecule has 2 nitrogen and oxygen atoms in total. The summed E-state index contributed by atoms with van der Waals surface area (Å²) in [5.74, 6) is 0. The van der Waals surface area contributed by atoms with Crippen LogP contribution >= 0.6 is 0 Å². The highest BCUT2D eigenvalue weighted by molar-refractivity contribution is 5.48. The van der Waals surface area contributed by atoms with Gasteiger partial charge in [0.1, 0.15) is 0 Å². The van der Waals surface area contributed by atoms with Crippen molar-refractivity contribution in [2.45, 2.75) is 38.8 Å². The maximum absolute atomic E-state index is 3.77. The van der Waals surface area contributed by atoms with Crippen LogP contribution in [-0.2, 0) is 6.54 Å². The van der Waals surface area contributed by atoms with Crippen molar-refractivity contribution in [1.29, 1.82) is 0 Å². The average Bonchev–Trinajstić information content (AvgIpc) is 2.91. The second-order valence-electron chi connectivity index (χ2n) is 5.17. The summed E-state index contributed by atoms with van der Waals surface area (Å²) in [7, 11) is 0. The third kappa shape index (κ3) is 3.61. The number of hydrogen-bond donors (Lipinski definition) is 1. The topological polar surface area (TPSA) is 15.3 Å². The first-order valence-corrected chi connectivity index (χ1v) is 6.98. The molecule has 1 aromatic rings. The lowest BCUT2D eigenvalue weighted by atomic mass is 10.1. The molecule has 1 fully saturated rings. The zero-order chi connectivity index (χ0) is 12.8. The number of anilines is 1. The first-order valence-electron chi connectivity index (χ1n) is 6.98. The van der Waals surface area contributed by atoms with Crippen LogP contribution in [0.2, 0.25) is 0 Å². The van der Waals surface area contributed by atoms with Crippen molar-refractivity contribution < 1.29 is 0 Å². The molecule has 1 saturated heterocycles. The van der Waals surface area contributed by atoms with Crippen molar-refractivity contribution in [2.75, 3.05) is 18.0 Å². The molecule has 98 valence electrons. The third-order valence-electron chi connectivity index (χ3n) is 3.58.